The van der Waals surface area contributed by atoms with Crippen molar-refractivity contribution in [3.63, 3.8) is 0 Å². The molecule has 1 amide bonds. The van der Waals surface area contributed by atoms with Crippen LogP contribution >= 0.6 is 0 Å². The van der Waals surface area contributed by atoms with E-state index in [-0.39, 0.29) is 30.7 Å². The molecule has 10 heteroatoms. The van der Waals surface area contributed by atoms with Crippen LogP contribution in [-0.4, -0.2) is 53.0 Å². The summed E-state index contributed by atoms with van der Waals surface area (Å²) in [4.78, 5) is 12.4. The number of benzene rings is 2. The molecule has 0 aliphatic rings. The van der Waals surface area contributed by atoms with E-state index in [9.17, 15) is 17.6 Å². The number of sulfonamides is 1. The average Bonchev–Trinajstić information content (AvgIpc) is 2.83. The zero-order valence-corrected chi connectivity index (χ0v) is 20.6. The van der Waals surface area contributed by atoms with Crippen molar-refractivity contribution < 1.29 is 31.8 Å². The zero-order chi connectivity index (χ0) is 25.0. The first kappa shape index (κ1) is 27.4. The highest BCUT2D eigenvalue weighted by Crippen LogP contribution is 2.28. The Bertz CT molecular complexity index is 1010. The number of carbonyl (C=O) groups excluding carboxylic acids is 1. The molecule has 2 aromatic carbocycles. The Morgan fingerprint density at radius 2 is 1.74 bits per heavy atom. The van der Waals surface area contributed by atoms with Gasteiger partial charge in [0.15, 0.2) is 11.5 Å². The molecule has 0 fully saturated rings. The second-order valence-corrected chi connectivity index (χ2v) is 9.58. The molecule has 0 unspecified atom stereocenters. The van der Waals surface area contributed by atoms with Gasteiger partial charge in [0.05, 0.1) is 12.9 Å². The maximum absolute atomic E-state index is 12.9. The minimum absolute atomic E-state index is 0.0763. The zero-order valence-electron chi connectivity index (χ0n) is 19.8. The molecular formula is C24H33FN2O6S. The fourth-order valence-corrected chi connectivity index (χ4v) is 3.94. The van der Waals surface area contributed by atoms with Crippen LogP contribution in [0.3, 0.4) is 0 Å². The third-order valence-corrected chi connectivity index (χ3v) is 6.36. The van der Waals surface area contributed by atoms with E-state index in [4.69, 9.17) is 14.2 Å². The molecule has 0 radical (unpaired) electrons. The van der Waals surface area contributed by atoms with Crippen molar-refractivity contribution in [1.29, 1.82) is 0 Å². The van der Waals surface area contributed by atoms with Crippen LogP contribution in [-0.2, 0) is 21.2 Å². The summed E-state index contributed by atoms with van der Waals surface area (Å²) in [6.45, 7) is 4.33. The van der Waals surface area contributed by atoms with Gasteiger partial charge in [0.2, 0.25) is 15.9 Å². The number of nitrogens with one attached hydrogen (secondary N) is 2. The predicted octanol–water partition coefficient (Wildman–Crippen LogP) is 3.06. The minimum atomic E-state index is -3.47. The maximum Gasteiger partial charge on any atom is 0.238 e. The number of amides is 1. The summed E-state index contributed by atoms with van der Waals surface area (Å²) >= 11 is 0. The van der Waals surface area contributed by atoms with Crippen LogP contribution in [0.15, 0.2) is 42.5 Å². The van der Waals surface area contributed by atoms with Crippen molar-refractivity contribution in [2.75, 3.05) is 32.6 Å². The van der Waals surface area contributed by atoms with Crippen LogP contribution in [0.5, 0.6) is 17.2 Å². The van der Waals surface area contributed by atoms with Crippen molar-refractivity contribution in [3.8, 4) is 17.2 Å². The molecule has 34 heavy (non-hydrogen) atoms. The van der Waals surface area contributed by atoms with Gasteiger partial charge in [0.1, 0.15) is 30.8 Å². The van der Waals surface area contributed by atoms with Gasteiger partial charge in [-0.3, -0.25) is 4.79 Å². The van der Waals surface area contributed by atoms with E-state index in [2.05, 4.69) is 10.0 Å². The first-order chi connectivity index (χ1) is 16.3. The van der Waals surface area contributed by atoms with Crippen LogP contribution in [0.25, 0.3) is 0 Å². The molecule has 8 nitrogen and oxygen atoms in total. The molecule has 0 bridgehead atoms. The van der Waals surface area contributed by atoms with E-state index in [1.54, 1.807) is 18.2 Å². The highest BCUT2D eigenvalue weighted by atomic mass is 32.2. The molecule has 0 aliphatic carbocycles. The van der Waals surface area contributed by atoms with Crippen molar-refractivity contribution in [1.82, 2.24) is 10.0 Å². The smallest absolute Gasteiger partial charge is 0.238 e. The highest BCUT2D eigenvalue weighted by molar-refractivity contribution is 7.89. The van der Waals surface area contributed by atoms with E-state index < -0.39 is 16.1 Å². The van der Waals surface area contributed by atoms with Gasteiger partial charge in [-0.25, -0.2) is 17.5 Å². The van der Waals surface area contributed by atoms with Crippen molar-refractivity contribution in [2.24, 2.45) is 0 Å². The van der Waals surface area contributed by atoms with Gasteiger partial charge in [0.25, 0.3) is 0 Å². The lowest BCUT2D eigenvalue weighted by Crippen LogP contribution is -2.47. The van der Waals surface area contributed by atoms with Gasteiger partial charge >= 0.3 is 0 Å². The summed E-state index contributed by atoms with van der Waals surface area (Å²) in [6.07, 6.45) is 1.64. The molecule has 0 aliphatic heterocycles. The molecular weight excluding hydrogens is 463 g/mol. The summed E-state index contributed by atoms with van der Waals surface area (Å²) in [6, 6.07) is 10.4. The first-order valence-electron chi connectivity index (χ1n) is 11.2. The lowest BCUT2D eigenvalue weighted by atomic mass is 10.1. The number of ether oxygens (including phenoxy) is 3. The Morgan fingerprint density at radius 1 is 1.03 bits per heavy atom. The summed E-state index contributed by atoms with van der Waals surface area (Å²) in [5.74, 6) is 0.910. The predicted molar refractivity (Wildman–Crippen MR) is 128 cm³/mol. The monoisotopic (exact) mass is 496 g/mol. The lowest BCUT2D eigenvalue weighted by Gasteiger charge is -2.17. The van der Waals surface area contributed by atoms with Crippen LogP contribution in [0.1, 0.15) is 32.3 Å². The molecule has 2 rings (SSSR count). The number of hydrogen-bond donors (Lipinski definition) is 2. The van der Waals surface area contributed by atoms with E-state index in [1.165, 1.54) is 26.2 Å². The Labute approximate surface area is 200 Å². The van der Waals surface area contributed by atoms with Crippen molar-refractivity contribution in [2.45, 2.75) is 39.2 Å². The number of halogens is 1. The summed E-state index contributed by atoms with van der Waals surface area (Å²) < 4.78 is 55.7. The first-order valence-corrected chi connectivity index (χ1v) is 12.9. The summed E-state index contributed by atoms with van der Waals surface area (Å²) in [7, 11) is -1.93. The fourth-order valence-electron chi connectivity index (χ4n) is 3.11. The van der Waals surface area contributed by atoms with Crippen LogP contribution < -0.4 is 24.2 Å². The van der Waals surface area contributed by atoms with Gasteiger partial charge in [-0.2, -0.15) is 0 Å². The normalized spacial score (nSPS) is 12.1. The second-order valence-electron chi connectivity index (χ2n) is 7.54. The third-order valence-electron chi connectivity index (χ3n) is 4.96. The number of rotatable bonds is 15. The molecule has 2 aromatic rings. The SMILES string of the molecule is CCC[C@H](NS(=O)(=O)CC)C(=O)NCCc1ccc(OCCOc2ccc(F)cc2)c(OC)c1. The maximum atomic E-state index is 12.9. The van der Waals surface area contributed by atoms with Gasteiger partial charge in [0, 0.05) is 6.54 Å². The largest absolute Gasteiger partial charge is 0.493 e. The standard InChI is InChI=1S/C24H33FN2O6S/c1-4-6-21(27-34(29,30)5-2)24(28)26-14-13-18-7-12-22(23(17-18)31-3)33-16-15-32-20-10-8-19(25)9-11-20/h7-12,17,21,27H,4-6,13-16H2,1-3H3,(H,26,28)/t21-/m0/s1. The molecule has 0 saturated carbocycles. The highest BCUT2D eigenvalue weighted by Gasteiger charge is 2.22. The van der Waals surface area contributed by atoms with Gasteiger partial charge in [-0.1, -0.05) is 19.4 Å². The van der Waals surface area contributed by atoms with Crippen LogP contribution in [0.2, 0.25) is 0 Å². The molecule has 1 atom stereocenters. The number of hydrogen-bond acceptors (Lipinski definition) is 6. The van der Waals surface area contributed by atoms with Gasteiger partial charge < -0.3 is 19.5 Å². The molecule has 0 heterocycles. The molecule has 0 saturated heterocycles. The Kier molecular flexibility index (Phi) is 11.1. The van der Waals surface area contributed by atoms with E-state index in [0.717, 1.165) is 5.56 Å². The summed E-state index contributed by atoms with van der Waals surface area (Å²) in [5.41, 5.74) is 0.924. The van der Waals surface area contributed by atoms with E-state index >= 15 is 0 Å². The van der Waals surface area contributed by atoms with Crippen LogP contribution in [0.4, 0.5) is 4.39 Å². The average molecular weight is 497 g/mol. The van der Waals surface area contributed by atoms with Gasteiger partial charge in [-0.15, -0.1) is 0 Å². The molecule has 0 aromatic heterocycles. The van der Waals surface area contributed by atoms with E-state index in [1.807, 2.05) is 19.1 Å². The summed E-state index contributed by atoms with van der Waals surface area (Å²) in [5, 5.41) is 2.80. The van der Waals surface area contributed by atoms with Crippen LogP contribution in [0, 0.1) is 5.82 Å². The minimum Gasteiger partial charge on any atom is -0.493 e. The van der Waals surface area contributed by atoms with Gasteiger partial charge in [-0.05, 0) is 61.7 Å². The third kappa shape index (κ3) is 9.18. The quantitative estimate of drug-likeness (QED) is 0.368. The second kappa shape index (κ2) is 13.8. The Morgan fingerprint density at radius 3 is 2.38 bits per heavy atom. The number of methoxy groups -OCH3 is 1. The molecule has 0 spiro atoms. The Hall–Kier alpha value is -2.85. The Balaban J connectivity index is 1.83. The van der Waals surface area contributed by atoms with Crippen molar-refractivity contribution in [3.05, 3.63) is 53.8 Å². The number of carbonyl (C=O) groups is 1. The molecule has 2 N–H and O–H groups in total. The van der Waals surface area contributed by atoms with Crippen molar-refractivity contribution >= 4 is 15.9 Å². The molecule has 188 valence electrons. The fraction of sp³-hybridized carbons (Fsp3) is 0.458. The van der Waals surface area contributed by atoms with E-state index in [0.29, 0.717) is 43.1 Å². The lowest BCUT2D eigenvalue weighted by molar-refractivity contribution is -0.122. The topological polar surface area (TPSA) is 103 Å².